The quantitative estimate of drug-likeness (QED) is 0.701. The minimum atomic E-state index is 0.0811. The lowest BCUT2D eigenvalue weighted by Crippen LogP contribution is -2.27. The van der Waals surface area contributed by atoms with E-state index >= 15 is 0 Å². The standard InChI is InChI=1S/C15H13Br3N2O/c16-11-4-2-1-3-9(11)7-13(21)20-12-5-6-19-8-10(12)14(17)15(20)18/h1-4,19H,5-8H2. The van der Waals surface area contributed by atoms with Gasteiger partial charge in [-0.2, -0.15) is 0 Å². The van der Waals surface area contributed by atoms with Crippen LogP contribution in [0.1, 0.15) is 21.6 Å². The van der Waals surface area contributed by atoms with Gasteiger partial charge in [0.15, 0.2) is 0 Å². The second-order valence-corrected chi connectivity index (χ2v) is 7.35. The highest BCUT2D eigenvalue weighted by molar-refractivity contribution is 9.13. The third-order valence-electron chi connectivity index (χ3n) is 3.65. The van der Waals surface area contributed by atoms with Crippen molar-refractivity contribution in [3.8, 4) is 0 Å². The zero-order valence-corrected chi connectivity index (χ0v) is 15.9. The molecule has 1 aliphatic heterocycles. The molecular weight excluding hydrogens is 464 g/mol. The third-order valence-corrected chi connectivity index (χ3v) is 6.56. The zero-order valence-electron chi connectivity index (χ0n) is 11.1. The van der Waals surface area contributed by atoms with Crippen molar-refractivity contribution in [2.24, 2.45) is 0 Å². The normalized spacial score (nSPS) is 14.0. The Morgan fingerprint density at radius 1 is 1.24 bits per heavy atom. The molecular formula is C15H13Br3N2O. The summed E-state index contributed by atoms with van der Waals surface area (Å²) in [7, 11) is 0. The minimum Gasteiger partial charge on any atom is -0.312 e. The number of nitrogens with one attached hydrogen (secondary N) is 1. The van der Waals surface area contributed by atoms with Crippen molar-refractivity contribution in [2.75, 3.05) is 6.54 Å². The van der Waals surface area contributed by atoms with Crippen molar-refractivity contribution in [2.45, 2.75) is 19.4 Å². The molecule has 3 nitrogen and oxygen atoms in total. The molecule has 0 saturated heterocycles. The lowest BCUT2D eigenvalue weighted by molar-refractivity contribution is 0.0908. The molecule has 21 heavy (non-hydrogen) atoms. The molecule has 6 heteroatoms. The summed E-state index contributed by atoms with van der Waals surface area (Å²) in [5, 5.41) is 3.34. The van der Waals surface area contributed by atoms with Gasteiger partial charge in [0.1, 0.15) is 4.60 Å². The highest BCUT2D eigenvalue weighted by Crippen LogP contribution is 2.34. The van der Waals surface area contributed by atoms with E-state index in [-0.39, 0.29) is 5.91 Å². The van der Waals surface area contributed by atoms with Gasteiger partial charge in [-0.3, -0.25) is 9.36 Å². The van der Waals surface area contributed by atoms with Crippen LogP contribution in [0.4, 0.5) is 0 Å². The van der Waals surface area contributed by atoms with E-state index in [9.17, 15) is 4.79 Å². The molecule has 0 amide bonds. The van der Waals surface area contributed by atoms with Crippen LogP contribution < -0.4 is 5.32 Å². The van der Waals surface area contributed by atoms with E-state index in [0.717, 1.165) is 44.3 Å². The van der Waals surface area contributed by atoms with Crippen LogP contribution in [0.3, 0.4) is 0 Å². The first-order chi connectivity index (χ1) is 10.1. The van der Waals surface area contributed by atoms with Gasteiger partial charge in [0, 0.05) is 35.2 Å². The number of benzene rings is 1. The lowest BCUT2D eigenvalue weighted by Gasteiger charge is -2.16. The average Bonchev–Trinajstić information content (AvgIpc) is 2.74. The van der Waals surface area contributed by atoms with Crippen LogP contribution in [0.2, 0.25) is 0 Å². The van der Waals surface area contributed by atoms with Crippen LogP contribution in [0.5, 0.6) is 0 Å². The molecule has 0 spiro atoms. The topological polar surface area (TPSA) is 34.0 Å². The summed E-state index contributed by atoms with van der Waals surface area (Å²) < 4.78 is 4.56. The molecule has 0 atom stereocenters. The minimum absolute atomic E-state index is 0.0811. The third kappa shape index (κ3) is 2.91. The summed E-state index contributed by atoms with van der Waals surface area (Å²) >= 11 is 10.6. The fraction of sp³-hybridized carbons (Fsp3) is 0.267. The molecule has 0 aliphatic carbocycles. The van der Waals surface area contributed by atoms with E-state index in [0.29, 0.717) is 6.42 Å². The number of carbonyl (C=O) groups excluding carboxylic acids is 1. The molecule has 1 aromatic heterocycles. The average molecular weight is 477 g/mol. The van der Waals surface area contributed by atoms with E-state index in [2.05, 4.69) is 53.1 Å². The maximum atomic E-state index is 12.7. The first-order valence-electron chi connectivity index (χ1n) is 6.64. The summed E-state index contributed by atoms with van der Waals surface area (Å²) in [6, 6.07) is 7.84. The zero-order chi connectivity index (χ0) is 15.0. The SMILES string of the molecule is O=C(Cc1ccccc1Br)n1c(Br)c(Br)c2c1CCNC2. The van der Waals surface area contributed by atoms with Crippen LogP contribution in [0.15, 0.2) is 37.8 Å². The molecule has 0 fully saturated rings. The van der Waals surface area contributed by atoms with Crippen LogP contribution in [-0.2, 0) is 19.4 Å². The van der Waals surface area contributed by atoms with Crippen molar-refractivity contribution >= 4 is 53.7 Å². The summed E-state index contributed by atoms with van der Waals surface area (Å²) in [4.78, 5) is 12.7. The maximum absolute atomic E-state index is 12.7. The lowest BCUT2D eigenvalue weighted by atomic mass is 10.1. The second kappa shape index (κ2) is 6.36. The van der Waals surface area contributed by atoms with Crippen LogP contribution in [-0.4, -0.2) is 17.0 Å². The number of fused-ring (bicyclic) bond motifs is 1. The summed E-state index contributed by atoms with van der Waals surface area (Å²) in [6.45, 7) is 1.70. The van der Waals surface area contributed by atoms with E-state index in [1.54, 1.807) is 4.57 Å². The van der Waals surface area contributed by atoms with Gasteiger partial charge < -0.3 is 5.32 Å². The molecule has 0 bridgehead atoms. The molecule has 1 N–H and O–H groups in total. The number of halogens is 3. The van der Waals surface area contributed by atoms with Crippen molar-refractivity contribution in [3.05, 3.63) is 54.6 Å². The number of hydrogen-bond donors (Lipinski definition) is 1. The Morgan fingerprint density at radius 3 is 2.76 bits per heavy atom. The fourth-order valence-corrected chi connectivity index (χ4v) is 4.23. The number of hydrogen-bond acceptors (Lipinski definition) is 2. The fourth-order valence-electron chi connectivity index (χ4n) is 2.61. The largest absolute Gasteiger partial charge is 0.312 e. The number of nitrogens with zero attached hydrogens (tertiary/aromatic N) is 1. The molecule has 3 rings (SSSR count). The second-order valence-electron chi connectivity index (χ2n) is 4.95. The molecule has 1 aromatic carbocycles. The highest BCUT2D eigenvalue weighted by atomic mass is 79.9. The Morgan fingerprint density at radius 2 is 2.00 bits per heavy atom. The summed E-state index contributed by atoms with van der Waals surface area (Å²) in [6.07, 6.45) is 1.24. The van der Waals surface area contributed by atoms with Gasteiger partial charge in [-0.1, -0.05) is 34.1 Å². The number of carbonyl (C=O) groups is 1. The van der Waals surface area contributed by atoms with Gasteiger partial charge >= 0.3 is 0 Å². The molecule has 0 unspecified atom stereocenters. The van der Waals surface area contributed by atoms with Crippen LogP contribution >= 0.6 is 47.8 Å². The predicted molar refractivity (Wildman–Crippen MR) is 93.7 cm³/mol. The first-order valence-corrected chi connectivity index (χ1v) is 9.02. The Kier molecular flexibility index (Phi) is 4.69. The molecule has 1 aliphatic rings. The predicted octanol–water partition coefficient (Wildman–Crippen LogP) is 4.30. The van der Waals surface area contributed by atoms with Gasteiger partial charge in [0.25, 0.3) is 0 Å². The van der Waals surface area contributed by atoms with Crippen molar-refractivity contribution in [1.29, 1.82) is 0 Å². The van der Waals surface area contributed by atoms with E-state index in [4.69, 9.17) is 0 Å². The number of aromatic nitrogens is 1. The van der Waals surface area contributed by atoms with Crippen molar-refractivity contribution < 1.29 is 4.79 Å². The Balaban J connectivity index is 1.97. The van der Waals surface area contributed by atoms with Gasteiger partial charge in [-0.25, -0.2) is 0 Å². The van der Waals surface area contributed by atoms with Gasteiger partial charge in [-0.05, 0) is 43.5 Å². The van der Waals surface area contributed by atoms with Gasteiger partial charge in [0.05, 0.1) is 10.9 Å². The summed E-state index contributed by atoms with van der Waals surface area (Å²) in [5.41, 5.74) is 3.28. The Bertz CT molecular complexity index is 709. The van der Waals surface area contributed by atoms with E-state index < -0.39 is 0 Å². The number of rotatable bonds is 2. The molecule has 0 saturated carbocycles. The Labute approximate surface area is 148 Å². The molecule has 110 valence electrons. The van der Waals surface area contributed by atoms with E-state index in [1.807, 2.05) is 24.3 Å². The van der Waals surface area contributed by atoms with Crippen LogP contribution in [0.25, 0.3) is 0 Å². The van der Waals surface area contributed by atoms with Crippen molar-refractivity contribution in [3.63, 3.8) is 0 Å². The highest BCUT2D eigenvalue weighted by Gasteiger charge is 2.25. The first kappa shape index (κ1) is 15.5. The van der Waals surface area contributed by atoms with Crippen molar-refractivity contribution in [1.82, 2.24) is 9.88 Å². The molecule has 0 radical (unpaired) electrons. The van der Waals surface area contributed by atoms with Gasteiger partial charge in [0.2, 0.25) is 5.91 Å². The van der Waals surface area contributed by atoms with Gasteiger partial charge in [-0.15, -0.1) is 0 Å². The molecule has 2 heterocycles. The van der Waals surface area contributed by atoms with E-state index in [1.165, 1.54) is 5.56 Å². The Hall–Kier alpha value is -0.430. The maximum Gasteiger partial charge on any atom is 0.236 e. The van der Waals surface area contributed by atoms with Crippen LogP contribution in [0, 0.1) is 0 Å². The smallest absolute Gasteiger partial charge is 0.236 e. The summed E-state index contributed by atoms with van der Waals surface area (Å²) in [5.74, 6) is 0.0811. The monoisotopic (exact) mass is 474 g/mol. The molecule has 2 aromatic rings.